The molecular formula is C9H11FN2O5S. The third-order valence-electron chi connectivity index (χ3n) is 2.09. The van der Waals surface area contributed by atoms with Crippen molar-refractivity contribution in [3.63, 3.8) is 0 Å². The van der Waals surface area contributed by atoms with Gasteiger partial charge in [-0.15, -0.1) is 0 Å². The summed E-state index contributed by atoms with van der Waals surface area (Å²) in [5.74, 6) is -0.192. The third-order valence-corrected chi connectivity index (χ3v) is 3.15. The first-order chi connectivity index (χ1) is 8.27. The lowest BCUT2D eigenvalue weighted by Gasteiger charge is -2.08. The van der Waals surface area contributed by atoms with Crippen molar-refractivity contribution in [2.75, 3.05) is 13.3 Å². The van der Waals surface area contributed by atoms with Gasteiger partial charge >= 0.3 is 5.69 Å². The first-order valence-electron chi connectivity index (χ1n) is 4.78. The minimum absolute atomic E-state index is 0.192. The van der Waals surface area contributed by atoms with Crippen molar-refractivity contribution >= 4 is 15.7 Å². The maximum absolute atomic E-state index is 12.0. The molecule has 0 aliphatic heterocycles. The van der Waals surface area contributed by atoms with E-state index < -0.39 is 27.3 Å². The molecule has 0 bridgehead atoms. The van der Waals surface area contributed by atoms with Crippen molar-refractivity contribution < 1.29 is 22.5 Å². The number of sulfonamides is 1. The predicted molar refractivity (Wildman–Crippen MR) is 60.7 cm³/mol. The van der Waals surface area contributed by atoms with Gasteiger partial charge in [0.25, 0.3) is 0 Å². The molecule has 18 heavy (non-hydrogen) atoms. The molecule has 1 aromatic rings. The first kappa shape index (κ1) is 14.3. The highest BCUT2D eigenvalue weighted by Crippen LogP contribution is 2.32. The Balaban J connectivity index is 3.39. The lowest BCUT2D eigenvalue weighted by Crippen LogP contribution is -2.14. The summed E-state index contributed by atoms with van der Waals surface area (Å²) in [4.78, 5) is 9.59. The fourth-order valence-electron chi connectivity index (χ4n) is 1.36. The summed E-state index contributed by atoms with van der Waals surface area (Å²) < 4.78 is 39.2. The zero-order chi connectivity index (χ0) is 13.9. The number of nitrogens with two attached hydrogens (primary N) is 1. The molecule has 9 heteroatoms. The van der Waals surface area contributed by atoms with Crippen molar-refractivity contribution in [2.45, 2.75) is 11.8 Å². The summed E-state index contributed by atoms with van der Waals surface area (Å²) in [6.45, 7) is 0.244. The van der Waals surface area contributed by atoms with Crippen LogP contribution in [0.15, 0.2) is 17.0 Å². The molecule has 0 aliphatic rings. The van der Waals surface area contributed by atoms with E-state index in [2.05, 4.69) is 0 Å². The molecule has 0 atom stereocenters. The molecule has 0 fully saturated rings. The second kappa shape index (κ2) is 5.27. The number of nitro groups is 1. The number of rotatable bonds is 5. The lowest BCUT2D eigenvalue weighted by molar-refractivity contribution is -0.386. The molecule has 0 amide bonds. The number of ether oxygens (including phenoxy) is 1. The monoisotopic (exact) mass is 278 g/mol. The second-order valence-electron chi connectivity index (χ2n) is 3.42. The molecule has 0 saturated carbocycles. The molecule has 100 valence electrons. The molecule has 1 rings (SSSR count). The molecule has 0 heterocycles. The van der Waals surface area contributed by atoms with Gasteiger partial charge in [0.2, 0.25) is 10.0 Å². The maximum Gasteiger partial charge on any atom is 0.312 e. The number of nitrogens with zero attached hydrogens (tertiary/aromatic N) is 1. The van der Waals surface area contributed by atoms with Gasteiger partial charge < -0.3 is 4.74 Å². The van der Waals surface area contributed by atoms with E-state index in [1.54, 1.807) is 0 Å². The molecule has 0 saturated heterocycles. The minimum Gasteiger partial charge on any atom is -0.484 e. The highest BCUT2D eigenvalue weighted by atomic mass is 32.2. The molecule has 7 nitrogen and oxygen atoms in total. The average Bonchev–Trinajstić information content (AvgIpc) is 2.23. The van der Waals surface area contributed by atoms with Crippen molar-refractivity contribution in [3.05, 3.63) is 27.8 Å². The van der Waals surface area contributed by atoms with Gasteiger partial charge in [0.15, 0.2) is 5.75 Å². The maximum atomic E-state index is 12.0. The van der Waals surface area contributed by atoms with Crippen LogP contribution in [0.25, 0.3) is 0 Å². The van der Waals surface area contributed by atoms with E-state index in [1.165, 1.54) is 6.92 Å². The van der Waals surface area contributed by atoms with Crippen LogP contribution in [0.5, 0.6) is 5.75 Å². The minimum atomic E-state index is -4.06. The largest absolute Gasteiger partial charge is 0.484 e. The zero-order valence-corrected chi connectivity index (χ0v) is 10.2. The van der Waals surface area contributed by atoms with E-state index >= 15 is 0 Å². The van der Waals surface area contributed by atoms with Crippen LogP contribution in [0.1, 0.15) is 5.56 Å². The van der Waals surface area contributed by atoms with Crippen LogP contribution in [0.4, 0.5) is 10.1 Å². The summed E-state index contributed by atoms with van der Waals surface area (Å²) in [5.41, 5.74) is -0.380. The topological polar surface area (TPSA) is 113 Å². The summed E-state index contributed by atoms with van der Waals surface area (Å²) in [5, 5.41) is 15.7. The Morgan fingerprint density at radius 2 is 2.11 bits per heavy atom. The number of nitro benzene ring substituents is 1. The van der Waals surface area contributed by atoms with Crippen molar-refractivity contribution in [2.24, 2.45) is 5.14 Å². The SMILES string of the molecule is Cc1cc(OCCF)c([N+](=O)[O-])cc1S(N)(=O)=O. The Labute approximate surface area is 103 Å². The van der Waals surface area contributed by atoms with Gasteiger partial charge in [0.1, 0.15) is 13.3 Å². The Hall–Kier alpha value is -1.74. The standard InChI is InChI=1S/C9H11FN2O5S/c1-6-4-8(17-3-2-10)7(12(13)14)5-9(6)18(11,15)16/h4-5H,2-3H2,1H3,(H2,11,15,16). The average molecular weight is 278 g/mol. The second-order valence-corrected chi connectivity index (χ2v) is 4.95. The van der Waals surface area contributed by atoms with Crippen molar-refractivity contribution in [1.82, 2.24) is 0 Å². The third kappa shape index (κ3) is 3.14. The number of halogens is 1. The number of benzene rings is 1. The Kier molecular flexibility index (Phi) is 4.19. The summed E-state index contributed by atoms with van der Waals surface area (Å²) >= 11 is 0. The molecule has 1 aromatic carbocycles. The summed E-state index contributed by atoms with van der Waals surface area (Å²) in [6.07, 6.45) is 0. The van der Waals surface area contributed by atoms with Gasteiger partial charge in [0.05, 0.1) is 9.82 Å². The normalized spacial score (nSPS) is 11.3. The quantitative estimate of drug-likeness (QED) is 0.635. The number of primary sulfonamides is 1. The van der Waals surface area contributed by atoms with Gasteiger partial charge in [-0.2, -0.15) is 0 Å². The van der Waals surface area contributed by atoms with Gasteiger partial charge in [-0.1, -0.05) is 0 Å². The lowest BCUT2D eigenvalue weighted by atomic mass is 10.2. The van der Waals surface area contributed by atoms with Gasteiger partial charge in [-0.3, -0.25) is 10.1 Å². The van der Waals surface area contributed by atoms with Crippen molar-refractivity contribution in [3.8, 4) is 5.75 Å². The smallest absolute Gasteiger partial charge is 0.312 e. The first-order valence-corrected chi connectivity index (χ1v) is 6.32. The Morgan fingerprint density at radius 1 is 1.50 bits per heavy atom. The van der Waals surface area contributed by atoms with Gasteiger partial charge in [-0.05, 0) is 18.6 Å². The van der Waals surface area contributed by atoms with E-state index in [4.69, 9.17) is 9.88 Å². The van der Waals surface area contributed by atoms with Gasteiger partial charge in [-0.25, -0.2) is 17.9 Å². The number of hydrogen-bond donors (Lipinski definition) is 1. The van der Waals surface area contributed by atoms with Crippen molar-refractivity contribution in [1.29, 1.82) is 0 Å². The van der Waals surface area contributed by atoms with E-state index in [9.17, 15) is 22.9 Å². The van der Waals surface area contributed by atoms with Crippen LogP contribution in [-0.4, -0.2) is 26.6 Å². The molecule has 0 aromatic heterocycles. The van der Waals surface area contributed by atoms with Crippen LogP contribution in [0.2, 0.25) is 0 Å². The summed E-state index contributed by atoms with van der Waals surface area (Å²) in [6, 6.07) is 1.95. The number of aryl methyl sites for hydroxylation is 1. The van der Waals surface area contributed by atoms with E-state index in [1.807, 2.05) is 0 Å². The van der Waals surface area contributed by atoms with Crippen LogP contribution < -0.4 is 9.88 Å². The van der Waals surface area contributed by atoms with Crippen LogP contribution in [-0.2, 0) is 10.0 Å². The fourth-order valence-corrected chi connectivity index (χ4v) is 2.15. The van der Waals surface area contributed by atoms with Gasteiger partial charge in [0, 0.05) is 6.07 Å². The summed E-state index contributed by atoms with van der Waals surface area (Å²) in [7, 11) is -4.06. The van der Waals surface area contributed by atoms with E-state index in [-0.39, 0.29) is 22.8 Å². The van der Waals surface area contributed by atoms with Crippen LogP contribution in [0, 0.1) is 17.0 Å². The fraction of sp³-hybridized carbons (Fsp3) is 0.333. The number of alkyl halides is 1. The van der Waals surface area contributed by atoms with Crippen LogP contribution >= 0.6 is 0 Å². The van der Waals surface area contributed by atoms with Crippen LogP contribution in [0.3, 0.4) is 0 Å². The Morgan fingerprint density at radius 3 is 2.56 bits per heavy atom. The molecule has 2 N–H and O–H groups in total. The highest BCUT2D eigenvalue weighted by molar-refractivity contribution is 7.89. The zero-order valence-electron chi connectivity index (χ0n) is 9.42. The van der Waals surface area contributed by atoms with E-state index in [0.717, 1.165) is 12.1 Å². The Bertz CT molecular complexity index is 573. The van der Waals surface area contributed by atoms with E-state index in [0.29, 0.717) is 0 Å². The molecule has 0 aliphatic carbocycles. The molecular weight excluding hydrogens is 267 g/mol. The number of hydrogen-bond acceptors (Lipinski definition) is 5. The molecule has 0 unspecified atom stereocenters. The predicted octanol–water partition coefficient (Wildman–Crippen LogP) is 0.899. The molecule has 0 radical (unpaired) electrons. The highest BCUT2D eigenvalue weighted by Gasteiger charge is 2.22. The molecule has 0 spiro atoms.